The summed E-state index contributed by atoms with van der Waals surface area (Å²) in [6.45, 7) is 4.40. The Bertz CT molecular complexity index is 594. The minimum Gasteiger partial charge on any atom is -0.207 e. The molecule has 20 heavy (non-hydrogen) atoms. The van der Waals surface area contributed by atoms with Crippen molar-refractivity contribution in [3.8, 4) is 0 Å². The number of aryl methyl sites for hydroxylation is 1. The van der Waals surface area contributed by atoms with Gasteiger partial charge in [0.25, 0.3) is 0 Å². The molecule has 0 amide bonds. The number of nitrogens with zero attached hydrogens (tertiary/aromatic N) is 1. The third kappa shape index (κ3) is 3.02. The van der Waals surface area contributed by atoms with Gasteiger partial charge >= 0.3 is 0 Å². The molecule has 112 valence electrons. The van der Waals surface area contributed by atoms with E-state index in [0.717, 1.165) is 29.5 Å². The lowest BCUT2D eigenvalue weighted by atomic mass is 9.86. The Labute approximate surface area is 127 Å². The van der Waals surface area contributed by atoms with Gasteiger partial charge in [0.05, 0.1) is 4.90 Å². The van der Waals surface area contributed by atoms with Crippen LogP contribution in [0.3, 0.4) is 0 Å². The van der Waals surface area contributed by atoms with Crippen LogP contribution in [-0.2, 0) is 15.9 Å². The molecule has 0 spiro atoms. The van der Waals surface area contributed by atoms with Crippen LogP contribution < -0.4 is 0 Å². The van der Waals surface area contributed by atoms with Crippen LogP contribution in [0.1, 0.15) is 36.0 Å². The molecule has 0 saturated heterocycles. The van der Waals surface area contributed by atoms with Crippen molar-refractivity contribution in [3.63, 3.8) is 0 Å². The Morgan fingerprint density at radius 2 is 1.95 bits per heavy atom. The zero-order valence-corrected chi connectivity index (χ0v) is 13.9. The average Bonchev–Trinajstić information content (AvgIpc) is 2.36. The van der Waals surface area contributed by atoms with Crippen molar-refractivity contribution in [1.29, 1.82) is 0 Å². The highest BCUT2D eigenvalue weighted by atomic mass is 35.5. The highest BCUT2D eigenvalue weighted by Gasteiger charge is 2.28. The minimum absolute atomic E-state index is 0.329. The number of hydrogen-bond acceptors (Lipinski definition) is 2. The maximum Gasteiger partial charge on any atom is 0.243 e. The molecular weight excluding hydrogens is 294 g/mol. The summed E-state index contributed by atoms with van der Waals surface area (Å²) in [5, 5.41) is 0. The van der Waals surface area contributed by atoms with Crippen LogP contribution in [0.4, 0.5) is 0 Å². The monoisotopic (exact) mass is 315 g/mol. The molecular formula is C15H22ClNO2S. The van der Waals surface area contributed by atoms with E-state index in [9.17, 15) is 8.42 Å². The Balaban J connectivity index is 2.34. The number of benzene rings is 1. The van der Waals surface area contributed by atoms with E-state index in [-0.39, 0.29) is 0 Å². The van der Waals surface area contributed by atoms with E-state index in [0.29, 0.717) is 23.2 Å². The van der Waals surface area contributed by atoms with E-state index >= 15 is 0 Å². The summed E-state index contributed by atoms with van der Waals surface area (Å²) >= 11 is 5.86. The summed E-state index contributed by atoms with van der Waals surface area (Å²) in [5.74, 6) is 0.850. The van der Waals surface area contributed by atoms with Gasteiger partial charge in [0.1, 0.15) is 0 Å². The predicted octanol–water partition coefficient (Wildman–Crippen LogP) is 3.46. The fraction of sp³-hybridized carbons (Fsp3) is 0.600. The summed E-state index contributed by atoms with van der Waals surface area (Å²) in [5.41, 5.74) is 2.64. The predicted molar refractivity (Wildman–Crippen MR) is 82.6 cm³/mol. The molecule has 0 bridgehead atoms. The first kappa shape index (κ1) is 15.8. The van der Waals surface area contributed by atoms with Gasteiger partial charge < -0.3 is 0 Å². The third-order valence-electron chi connectivity index (χ3n) is 4.26. The van der Waals surface area contributed by atoms with E-state index in [1.807, 2.05) is 19.9 Å². The summed E-state index contributed by atoms with van der Waals surface area (Å²) in [6, 6.07) is 3.66. The summed E-state index contributed by atoms with van der Waals surface area (Å²) in [6.07, 6.45) is 3.50. The molecule has 0 unspecified atom stereocenters. The van der Waals surface area contributed by atoms with Crippen molar-refractivity contribution in [3.05, 3.63) is 28.8 Å². The van der Waals surface area contributed by atoms with E-state index < -0.39 is 10.0 Å². The van der Waals surface area contributed by atoms with Crippen LogP contribution in [0.15, 0.2) is 17.0 Å². The number of hydrogen-bond donors (Lipinski definition) is 0. The topological polar surface area (TPSA) is 37.4 Å². The van der Waals surface area contributed by atoms with Crippen molar-refractivity contribution in [2.24, 2.45) is 5.92 Å². The molecule has 5 heteroatoms. The fourth-order valence-electron chi connectivity index (χ4n) is 2.55. The van der Waals surface area contributed by atoms with Gasteiger partial charge in [0.15, 0.2) is 0 Å². The largest absolute Gasteiger partial charge is 0.243 e. The maximum atomic E-state index is 12.7. The number of rotatable bonds is 5. The first-order chi connectivity index (χ1) is 9.36. The Morgan fingerprint density at radius 3 is 2.45 bits per heavy atom. The molecule has 0 radical (unpaired) electrons. The number of alkyl halides is 1. The van der Waals surface area contributed by atoms with Crippen molar-refractivity contribution in [2.75, 3.05) is 13.6 Å². The van der Waals surface area contributed by atoms with Crippen LogP contribution in [-0.4, -0.2) is 26.3 Å². The van der Waals surface area contributed by atoms with E-state index in [4.69, 9.17) is 11.6 Å². The van der Waals surface area contributed by atoms with Crippen LogP contribution in [0, 0.1) is 19.8 Å². The van der Waals surface area contributed by atoms with Crippen LogP contribution in [0.25, 0.3) is 0 Å². The smallest absolute Gasteiger partial charge is 0.207 e. The van der Waals surface area contributed by atoms with Gasteiger partial charge in [0.2, 0.25) is 10.0 Å². The van der Waals surface area contributed by atoms with Gasteiger partial charge in [-0.1, -0.05) is 12.5 Å². The Morgan fingerprint density at radius 1 is 1.30 bits per heavy atom. The molecule has 0 atom stereocenters. The van der Waals surface area contributed by atoms with E-state index in [1.54, 1.807) is 13.1 Å². The average molecular weight is 316 g/mol. The molecule has 1 saturated carbocycles. The lowest BCUT2D eigenvalue weighted by molar-refractivity contribution is 0.263. The zero-order valence-electron chi connectivity index (χ0n) is 12.3. The molecule has 1 aliphatic rings. The van der Waals surface area contributed by atoms with Crippen molar-refractivity contribution in [2.45, 2.75) is 43.9 Å². The summed E-state index contributed by atoms with van der Waals surface area (Å²) < 4.78 is 27.0. The molecule has 1 aliphatic carbocycles. The second-order valence-corrected chi connectivity index (χ2v) is 8.03. The molecule has 0 aromatic heterocycles. The lowest BCUT2D eigenvalue weighted by Crippen LogP contribution is -2.34. The molecule has 0 N–H and O–H groups in total. The van der Waals surface area contributed by atoms with Gasteiger partial charge in [-0.3, -0.25) is 0 Å². The van der Waals surface area contributed by atoms with Gasteiger partial charge in [-0.2, -0.15) is 0 Å². The quantitative estimate of drug-likeness (QED) is 0.780. The van der Waals surface area contributed by atoms with Crippen LogP contribution in [0.5, 0.6) is 0 Å². The normalized spacial score (nSPS) is 16.4. The molecule has 1 aromatic carbocycles. The second kappa shape index (κ2) is 6.04. The zero-order chi connectivity index (χ0) is 14.9. The minimum atomic E-state index is -3.42. The van der Waals surface area contributed by atoms with Crippen LogP contribution >= 0.6 is 11.6 Å². The molecule has 0 heterocycles. The van der Waals surface area contributed by atoms with Gasteiger partial charge in [-0.25, -0.2) is 12.7 Å². The highest BCUT2D eigenvalue weighted by Crippen LogP contribution is 2.30. The summed E-state index contributed by atoms with van der Waals surface area (Å²) in [4.78, 5) is 0.398. The fourth-order valence-corrected chi connectivity index (χ4v) is 4.29. The van der Waals surface area contributed by atoms with Crippen molar-refractivity contribution >= 4 is 21.6 Å². The van der Waals surface area contributed by atoms with Crippen molar-refractivity contribution in [1.82, 2.24) is 4.31 Å². The van der Waals surface area contributed by atoms with Crippen molar-refractivity contribution < 1.29 is 8.42 Å². The Kier molecular flexibility index (Phi) is 4.77. The molecule has 0 aliphatic heterocycles. The first-order valence-corrected chi connectivity index (χ1v) is 8.96. The van der Waals surface area contributed by atoms with Crippen LogP contribution in [0.2, 0.25) is 0 Å². The number of halogens is 1. The van der Waals surface area contributed by atoms with E-state index in [1.165, 1.54) is 10.7 Å². The van der Waals surface area contributed by atoms with Gasteiger partial charge in [-0.15, -0.1) is 11.6 Å². The first-order valence-electron chi connectivity index (χ1n) is 6.98. The molecule has 1 fully saturated rings. The lowest BCUT2D eigenvalue weighted by Gasteiger charge is -2.30. The van der Waals surface area contributed by atoms with E-state index in [2.05, 4.69) is 0 Å². The second-order valence-electron chi connectivity index (χ2n) is 5.75. The SMILES string of the molecule is Cc1cc(CCl)cc(S(=O)(=O)N(C)CC2CCC2)c1C. The van der Waals surface area contributed by atoms with Gasteiger partial charge in [0, 0.05) is 19.5 Å². The van der Waals surface area contributed by atoms with Gasteiger partial charge in [-0.05, 0) is 55.4 Å². The summed E-state index contributed by atoms with van der Waals surface area (Å²) in [7, 11) is -1.74. The number of sulfonamides is 1. The standard InChI is InChI=1S/C15H22ClNO2S/c1-11-7-14(9-16)8-15(12(11)2)20(18,19)17(3)10-13-5-4-6-13/h7-8,13H,4-6,9-10H2,1-3H3. The Hall–Kier alpha value is -0.580. The highest BCUT2D eigenvalue weighted by molar-refractivity contribution is 7.89. The third-order valence-corrected chi connectivity index (χ3v) is 6.52. The molecule has 3 nitrogen and oxygen atoms in total. The molecule has 2 rings (SSSR count). The maximum absolute atomic E-state index is 12.7. The molecule has 1 aromatic rings.